The second-order valence-electron chi connectivity index (χ2n) is 3.66. The molecule has 1 aromatic carbocycles. The lowest BCUT2D eigenvalue weighted by Crippen LogP contribution is -2.07. The lowest BCUT2D eigenvalue weighted by molar-refractivity contribution is 0.940. The first-order valence-electron chi connectivity index (χ1n) is 5.07. The minimum Gasteiger partial charge on any atom is -0.326 e. The van der Waals surface area contributed by atoms with E-state index in [1.165, 1.54) is 0 Å². The maximum atomic E-state index is 11.6. The van der Waals surface area contributed by atoms with Crippen LogP contribution in [-0.4, -0.2) is 14.6 Å². The number of halogens is 1. The Morgan fingerprint density at radius 3 is 2.94 bits per heavy atom. The molecule has 0 radical (unpaired) electrons. The highest BCUT2D eigenvalue weighted by Crippen LogP contribution is 2.21. The SMILES string of the molecule is O=c1[nH]ccn2nc(-c3cccc(Br)c3)cc12. The van der Waals surface area contributed by atoms with Crippen LogP contribution in [0.15, 0.2) is 52.0 Å². The smallest absolute Gasteiger partial charge is 0.273 e. The lowest BCUT2D eigenvalue weighted by atomic mass is 10.1. The first-order valence-corrected chi connectivity index (χ1v) is 5.86. The van der Waals surface area contributed by atoms with Crippen LogP contribution in [-0.2, 0) is 0 Å². The molecule has 0 amide bonds. The van der Waals surface area contributed by atoms with E-state index in [1.807, 2.05) is 24.3 Å². The molecule has 17 heavy (non-hydrogen) atoms. The zero-order valence-corrected chi connectivity index (χ0v) is 10.3. The van der Waals surface area contributed by atoms with Crippen molar-refractivity contribution < 1.29 is 0 Å². The van der Waals surface area contributed by atoms with Crippen molar-refractivity contribution in [3.63, 3.8) is 0 Å². The molecule has 0 saturated heterocycles. The summed E-state index contributed by atoms with van der Waals surface area (Å²) in [5.41, 5.74) is 2.16. The minimum atomic E-state index is -0.138. The van der Waals surface area contributed by atoms with Gasteiger partial charge >= 0.3 is 0 Å². The van der Waals surface area contributed by atoms with E-state index >= 15 is 0 Å². The molecule has 2 aromatic heterocycles. The highest BCUT2D eigenvalue weighted by atomic mass is 79.9. The number of rotatable bonds is 1. The van der Waals surface area contributed by atoms with Gasteiger partial charge in [0.15, 0.2) is 0 Å². The Hall–Kier alpha value is -1.88. The first kappa shape index (κ1) is 10.3. The summed E-state index contributed by atoms with van der Waals surface area (Å²) in [5, 5.41) is 4.36. The van der Waals surface area contributed by atoms with Crippen molar-refractivity contribution in [3.05, 3.63) is 57.6 Å². The fraction of sp³-hybridized carbons (Fsp3) is 0. The van der Waals surface area contributed by atoms with Crippen molar-refractivity contribution >= 4 is 21.4 Å². The van der Waals surface area contributed by atoms with Crippen LogP contribution in [0.3, 0.4) is 0 Å². The topological polar surface area (TPSA) is 50.2 Å². The molecule has 0 fully saturated rings. The van der Waals surface area contributed by atoms with E-state index in [0.717, 1.165) is 15.7 Å². The Kier molecular flexibility index (Phi) is 2.33. The lowest BCUT2D eigenvalue weighted by Gasteiger charge is -1.95. The Balaban J connectivity index is 2.25. The van der Waals surface area contributed by atoms with Crippen LogP contribution < -0.4 is 5.56 Å². The number of aromatic amines is 1. The van der Waals surface area contributed by atoms with E-state index in [4.69, 9.17) is 0 Å². The molecule has 5 heteroatoms. The Morgan fingerprint density at radius 1 is 1.29 bits per heavy atom. The Bertz CT molecular complexity index is 745. The van der Waals surface area contributed by atoms with E-state index in [0.29, 0.717) is 5.52 Å². The van der Waals surface area contributed by atoms with E-state index in [2.05, 4.69) is 26.0 Å². The first-order chi connectivity index (χ1) is 8.24. The third kappa shape index (κ3) is 1.78. The van der Waals surface area contributed by atoms with E-state index in [9.17, 15) is 4.79 Å². The Morgan fingerprint density at radius 2 is 2.18 bits per heavy atom. The van der Waals surface area contributed by atoms with Crippen molar-refractivity contribution in [3.8, 4) is 11.3 Å². The monoisotopic (exact) mass is 289 g/mol. The molecule has 0 aliphatic carbocycles. The van der Waals surface area contributed by atoms with Crippen LogP contribution in [0.5, 0.6) is 0 Å². The third-order valence-electron chi connectivity index (χ3n) is 2.52. The van der Waals surface area contributed by atoms with Crippen LogP contribution in [0.4, 0.5) is 0 Å². The number of nitrogens with one attached hydrogen (secondary N) is 1. The molecular weight excluding hydrogens is 282 g/mol. The number of aromatic nitrogens is 3. The molecule has 84 valence electrons. The number of hydrogen-bond acceptors (Lipinski definition) is 2. The van der Waals surface area contributed by atoms with Gasteiger partial charge in [0.25, 0.3) is 5.56 Å². The van der Waals surface area contributed by atoms with Gasteiger partial charge in [-0.25, -0.2) is 4.52 Å². The summed E-state index contributed by atoms with van der Waals surface area (Å²) in [7, 11) is 0. The summed E-state index contributed by atoms with van der Waals surface area (Å²) in [5.74, 6) is 0. The molecule has 0 saturated carbocycles. The molecule has 0 bridgehead atoms. The molecule has 0 unspecified atom stereocenters. The molecule has 0 atom stereocenters. The highest BCUT2D eigenvalue weighted by Gasteiger charge is 2.06. The van der Waals surface area contributed by atoms with Gasteiger partial charge in [0.05, 0.1) is 5.69 Å². The summed E-state index contributed by atoms with van der Waals surface area (Å²) in [4.78, 5) is 14.2. The summed E-state index contributed by atoms with van der Waals surface area (Å²) >= 11 is 3.42. The van der Waals surface area contributed by atoms with Gasteiger partial charge < -0.3 is 4.98 Å². The van der Waals surface area contributed by atoms with Gasteiger partial charge in [-0.3, -0.25) is 4.79 Å². The van der Waals surface area contributed by atoms with Gasteiger partial charge in [0.2, 0.25) is 0 Å². The van der Waals surface area contributed by atoms with Crippen molar-refractivity contribution in [2.24, 2.45) is 0 Å². The highest BCUT2D eigenvalue weighted by molar-refractivity contribution is 9.10. The van der Waals surface area contributed by atoms with Gasteiger partial charge in [-0.2, -0.15) is 5.10 Å². The van der Waals surface area contributed by atoms with Gasteiger partial charge in [-0.05, 0) is 18.2 Å². The molecule has 1 N–H and O–H groups in total. The zero-order valence-electron chi connectivity index (χ0n) is 8.72. The second kappa shape index (κ2) is 3.85. The summed E-state index contributed by atoms with van der Waals surface area (Å²) in [6.45, 7) is 0. The van der Waals surface area contributed by atoms with Crippen LogP contribution in [0, 0.1) is 0 Å². The van der Waals surface area contributed by atoms with Gasteiger partial charge in [-0.15, -0.1) is 0 Å². The van der Waals surface area contributed by atoms with Crippen LogP contribution in [0.25, 0.3) is 16.8 Å². The van der Waals surface area contributed by atoms with Crippen LogP contribution in [0.1, 0.15) is 0 Å². The van der Waals surface area contributed by atoms with Gasteiger partial charge in [-0.1, -0.05) is 28.1 Å². The molecule has 0 spiro atoms. The quantitative estimate of drug-likeness (QED) is 0.748. The number of fused-ring (bicyclic) bond motifs is 1. The van der Waals surface area contributed by atoms with E-state index in [1.54, 1.807) is 23.0 Å². The van der Waals surface area contributed by atoms with Crippen molar-refractivity contribution in [1.29, 1.82) is 0 Å². The van der Waals surface area contributed by atoms with Gasteiger partial charge in [0.1, 0.15) is 5.52 Å². The molecule has 0 aliphatic heterocycles. The number of H-pyrrole nitrogens is 1. The molecular formula is C12H8BrN3O. The third-order valence-corrected chi connectivity index (χ3v) is 3.01. The maximum Gasteiger partial charge on any atom is 0.273 e. The van der Waals surface area contributed by atoms with Crippen molar-refractivity contribution in [1.82, 2.24) is 14.6 Å². The Labute approximate surface area is 105 Å². The van der Waals surface area contributed by atoms with Gasteiger partial charge in [0, 0.05) is 22.4 Å². The molecule has 0 aliphatic rings. The van der Waals surface area contributed by atoms with Crippen molar-refractivity contribution in [2.75, 3.05) is 0 Å². The summed E-state index contributed by atoms with van der Waals surface area (Å²) < 4.78 is 2.57. The molecule has 3 aromatic rings. The second-order valence-corrected chi connectivity index (χ2v) is 4.57. The summed E-state index contributed by atoms with van der Waals surface area (Å²) in [6, 6.07) is 9.59. The number of hydrogen-bond donors (Lipinski definition) is 1. The standard InChI is InChI=1S/C12H8BrN3O/c13-9-3-1-2-8(6-9)10-7-11-12(17)14-4-5-16(11)15-10/h1-7H,(H,14,17). The molecule has 2 heterocycles. The largest absolute Gasteiger partial charge is 0.326 e. The van der Waals surface area contributed by atoms with E-state index in [-0.39, 0.29) is 5.56 Å². The fourth-order valence-corrected chi connectivity index (χ4v) is 2.12. The van der Waals surface area contributed by atoms with Crippen LogP contribution in [0.2, 0.25) is 0 Å². The molecule has 4 nitrogen and oxygen atoms in total. The number of benzene rings is 1. The van der Waals surface area contributed by atoms with Crippen molar-refractivity contribution in [2.45, 2.75) is 0 Å². The number of nitrogens with zero attached hydrogens (tertiary/aromatic N) is 2. The normalized spacial score (nSPS) is 10.9. The average Bonchev–Trinajstić information content (AvgIpc) is 2.74. The summed E-state index contributed by atoms with van der Waals surface area (Å²) in [6.07, 6.45) is 3.30. The predicted octanol–water partition coefficient (Wildman–Crippen LogP) is 2.45. The fourth-order valence-electron chi connectivity index (χ4n) is 1.72. The zero-order chi connectivity index (χ0) is 11.8. The predicted molar refractivity (Wildman–Crippen MR) is 68.9 cm³/mol. The minimum absolute atomic E-state index is 0.138. The molecule has 3 rings (SSSR count). The average molecular weight is 290 g/mol. The van der Waals surface area contributed by atoms with Crippen LogP contribution >= 0.6 is 15.9 Å². The maximum absolute atomic E-state index is 11.6. The van der Waals surface area contributed by atoms with E-state index < -0.39 is 0 Å².